The second-order valence-electron chi connectivity index (χ2n) is 5.85. The molecular weight excluding hydrogens is 374 g/mol. The molecule has 0 saturated carbocycles. The number of hydrogen-bond donors (Lipinski definition) is 3. The molecule has 1 amide bonds. The molecule has 0 heterocycles. The molecule has 0 bridgehead atoms. The zero-order chi connectivity index (χ0) is 21.1. The summed E-state index contributed by atoms with van der Waals surface area (Å²) in [6, 6.07) is 16.4. The van der Waals surface area contributed by atoms with E-state index in [2.05, 4.69) is 10.6 Å². The van der Waals surface area contributed by atoms with Crippen LogP contribution in [0, 0.1) is 5.41 Å². The van der Waals surface area contributed by atoms with Crippen molar-refractivity contribution < 1.29 is 23.8 Å². The predicted molar refractivity (Wildman–Crippen MR) is 107 cm³/mol. The van der Waals surface area contributed by atoms with Gasteiger partial charge in [-0.05, 0) is 23.3 Å². The summed E-state index contributed by atoms with van der Waals surface area (Å²) in [4.78, 5) is 23.8. The Kier molecular flexibility index (Phi) is 8.25. The number of carbonyl (C=O) groups is 2. The largest absolute Gasteiger partial charge is 0.497 e. The highest BCUT2D eigenvalue weighted by atomic mass is 16.5. The summed E-state index contributed by atoms with van der Waals surface area (Å²) in [7, 11) is 2.81. The first-order chi connectivity index (χ1) is 14.0. The van der Waals surface area contributed by atoms with Crippen molar-refractivity contribution in [2.75, 3.05) is 14.2 Å². The zero-order valence-corrected chi connectivity index (χ0v) is 16.2. The Morgan fingerprint density at radius 2 is 1.69 bits per heavy atom. The van der Waals surface area contributed by atoms with Crippen molar-refractivity contribution >= 4 is 17.9 Å². The fourth-order valence-electron chi connectivity index (χ4n) is 2.28. The maximum Gasteiger partial charge on any atom is 0.413 e. The van der Waals surface area contributed by atoms with Crippen LogP contribution in [-0.2, 0) is 27.4 Å². The van der Waals surface area contributed by atoms with Crippen LogP contribution in [0.15, 0.2) is 66.4 Å². The number of ether oxygens (including phenoxy) is 3. The third-order valence-corrected chi connectivity index (χ3v) is 3.79. The molecule has 3 N–H and O–H groups in total. The third-order valence-electron chi connectivity index (χ3n) is 3.79. The van der Waals surface area contributed by atoms with E-state index >= 15 is 0 Å². The van der Waals surface area contributed by atoms with Gasteiger partial charge in [-0.25, -0.2) is 9.59 Å². The Balaban J connectivity index is 1.92. The normalized spacial score (nSPS) is 10.6. The van der Waals surface area contributed by atoms with Gasteiger partial charge < -0.3 is 19.5 Å². The van der Waals surface area contributed by atoms with Gasteiger partial charge in [0.15, 0.2) is 0 Å². The first-order valence-corrected chi connectivity index (χ1v) is 8.75. The van der Waals surface area contributed by atoms with Crippen molar-refractivity contribution in [1.82, 2.24) is 10.6 Å². The second kappa shape index (κ2) is 11.1. The molecule has 8 nitrogen and oxygen atoms in total. The van der Waals surface area contributed by atoms with Crippen LogP contribution in [0.4, 0.5) is 4.79 Å². The van der Waals surface area contributed by atoms with Gasteiger partial charge >= 0.3 is 12.1 Å². The lowest BCUT2D eigenvalue weighted by molar-refractivity contribution is -0.136. The molecule has 0 aromatic heterocycles. The molecule has 0 aliphatic carbocycles. The number of alkyl carbamates (subject to hydrolysis) is 1. The van der Waals surface area contributed by atoms with Crippen LogP contribution >= 0.6 is 0 Å². The molecule has 0 aliphatic rings. The molecule has 152 valence electrons. The van der Waals surface area contributed by atoms with Crippen LogP contribution in [0.3, 0.4) is 0 Å². The van der Waals surface area contributed by atoms with Gasteiger partial charge in [-0.1, -0.05) is 42.5 Å². The third kappa shape index (κ3) is 7.37. The van der Waals surface area contributed by atoms with Crippen LogP contribution < -0.4 is 15.4 Å². The van der Waals surface area contributed by atoms with Gasteiger partial charge in [-0.2, -0.15) is 0 Å². The molecule has 29 heavy (non-hydrogen) atoms. The van der Waals surface area contributed by atoms with Gasteiger partial charge in [0.1, 0.15) is 23.9 Å². The monoisotopic (exact) mass is 397 g/mol. The second-order valence-corrected chi connectivity index (χ2v) is 5.85. The van der Waals surface area contributed by atoms with Crippen molar-refractivity contribution in [2.24, 2.45) is 0 Å². The van der Waals surface area contributed by atoms with E-state index in [9.17, 15) is 9.59 Å². The molecule has 2 aromatic carbocycles. The van der Waals surface area contributed by atoms with Gasteiger partial charge in [0.25, 0.3) is 0 Å². The van der Waals surface area contributed by atoms with E-state index < -0.39 is 12.1 Å². The van der Waals surface area contributed by atoms with Crippen molar-refractivity contribution in [3.8, 4) is 5.75 Å². The molecular formula is C21H23N3O5. The Morgan fingerprint density at radius 1 is 1.00 bits per heavy atom. The maximum absolute atomic E-state index is 12.0. The number of hydrogen-bond acceptors (Lipinski definition) is 7. The number of rotatable bonds is 8. The van der Waals surface area contributed by atoms with Gasteiger partial charge in [0.05, 0.1) is 14.2 Å². The van der Waals surface area contributed by atoms with E-state index in [0.29, 0.717) is 6.54 Å². The fraction of sp³-hybridized carbons (Fsp3) is 0.190. The minimum Gasteiger partial charge on any atom is -0.497 e. The number of amidine groups is 1. The van der Waals surface area contributed by atoms with Gasteiger partial charge in [0.2, 0.25) is 0 Å². The highest BCUT2D eigenvalue weighted by Gasteiger charge is 2.12. The van der Waals surface area contributed by atoms with E-state index in [0.717, 1.165) is 16.9 Å². The number of esters is 1. The summed E-state index contributed by atoms with van der Waals surface area (Å²) in [5.74, 6) is -0.258. The number of carbonyl (C=O) groups excluding carboxylic acids is 2. The lowest BCUT2D eigenvalue weighted by Gasteiger charge is -2.11. The van der Waals surface area contributed by atoms with Crippen LogP contribution in [-0.4, -0.2) is 32.1 Å². The van der Waals surface area contributed by atoms with Crippen LogP contribution in [0.1, 0.15) is 11.1 Å². The standard InChI is InChI=1S/C21H23N3O5/c1-27-17-10-8-15(9-11-17)13-23-18(20(25)28-2)12-19(22)24-21(26)29-14-16-6-4-3-5-7-16/h3-12,23H,13-14H2,1-2H3,(H2,22,24,26)/b18-12-. The number of nitrogens with one attached hydrogen (secondary N) is 3. The molecule has 0 spiro atoms. The Bertz CT molecular complexity index is 864. The summed E-state index contributed by atoms with van der Waals surface area (Å²) in [5.41, 5.74) is 1.74. The van der Waals surface area contributed by atoms with Gasteiger partial charge in [-0.15, -0.1) is 0 Å². The summed E-state index contributed by atoms with van der Waals surface area (Å²) in [5, 5.41) is 13.0. The lowest BCUT2D eigenvalue weighted by Crippen LogP contribution is -2.31. The van der Waals surface area contributed by atoms with Crippen LogP contribution in [0.5, 0.6) is 5.75 Å². The first kappa shape index (κ1) is 21.5. The summed E-state index contributed by atoms with van der Waals surface area (Å²) in [6.07, 6.45) is 0.369. The van der Waals surface area contributed by atoms with Gasteiger partial charge in [-0.3, -0.25) is 10.7 Å². The van der Waals surface area contributed by atoms with E-state index in [1.54, 1.807) is 19.2 Å². The molecule has 0 unspecified atom stereocenters. The molecule has 2 aromatic rings. The predicted octanol–water partition coefficient (Wildman–Crippen LogP) is 2.75. The van der Waals surface area contributed by atoms with Crippen molar-refractivity contribution in [3.05, 3.63) is 77.5 Å². The summed E-state index contributed by atoms with van der Waals surface area (Å²) >= 11 is 0. The molecule has 0 atom stereocenters. The first-order valence-electron chi connectivity index (χ1n) is 8.75. The molecule has 2 rings (SSSR count). The molecule has 8 heteroatoms. The number of amides is 1. The molecule has 0 fully saturated rings. The maximum atomic E-state index is 12.0. The lowest BCUT2D eigenvalue weighted by atomic mass is 10.2. The zero-order valence-electron chi connectivity index (χ0n) is 16.2. The number of methoxy groups -OCH3 is 2. The SMILES string of the molecule is COC(=O)/C(=C/C(=N)NC(=O)OCc1ccccc1)NCc1ccc(OC)cc1. The highest BCUT2D eigenvalue weighted by Crippen LogP contribution is 2.11. The van der Waals surface area contributed by atoms with E-state index in [4.69, 9.17) is 19.6 Å². The average Bonchev–Trinajstić information content (AvgIpc) is 2.75. The van der Waals surface area contributed by atoms with E-state index in [-0.39, 0.29) is 18.1 Å². The van der Waals surface area contributed by atoms with Gasteiger partial charge in [0, 0.05) is 12.6 Å². The molecule has 0 radical (unpaired) electrons. The summed E-state index contributed by atoms with van der Waals surface area (Å²) < 4.78 is 14.9. The van der Waals surface area contributed by atoms with E-state index in [1.165, 1.54) is 13.2 Å². The Morgan fingerprint density at radius 3 is 2.31 bits per heavy atom. The smallest absolute Gasteiger partial charge is 0.413 e. The van der Waals surface area contributed by atoms with Crippen molar-refractivity contribution in [2.45, 2.75) is 13.2 Å². The highest BCUT2D eigenvalue weighted by molar-refractivity contribution is 6.04. The average molecular weight is 397 g/mol. The molecule has 0 saturated heterocycles. The Labute approximate surface area is 169 Å². The quantitative estimate of drug-likeness (QED) is 0.273. The number of benzene rings is 2. The van der Waals surface area contributed by atoms with Crippen LogP contribution in [0.2, 0.25) is 0 Å². The fourth-order valence-corrected chi connectivity index (χ4v) is 2.28. The minimum atomic E-state index is -0.797. The van der Waals surface area contributed by atoms with E-state index in [1.807, 2.05) is 42.5 Å². The van der Waals surface area contributed by atoms with Crippen LogP contribution in [0.25, 0.3) is 0 Å². The topological polar surface area (TPSA) is 110 Å². The molecule has 0 aliphatic heterocycles. The van der Waals surface area contributed by atoms with Crippen molar-refractivity contribution in [1.29, 1.82) is 5.41 Å². The Hall–Kier alpha value is -3.81. The summed E-state index contributed by atoms with van der Waals surface area (Å²) in [6.45, 7) is 0.389. The minimum absolute atomic E-state index is 0.0247. The van der Waals surface area contributed by atoms with Crippen molar-refractivity contribution in [3.63, 3.8) is 0 Å².